The Kier molecular flexibility index (Phi) is 3.60. The number of phenols is 1. The number of aromatic hydroxyl groups is 1. The minimum absolute atomic E-state index is 0.0744. The number of phenolic OH excluding ortho intramolecular Hbond substituents is 1. The molecule has 3 heterocycles. The molecule has 8 heteroatoms. The summed E-state index contributed by atoms with van der Waals surface area (Å²) in [7, 11) is 0. The molecule has 2 aromatic carbocycles. The largest absolute Gasteiger partial charge is 0.507 e. The molecule has 0 saturated carbocycles. The van der Waals surface area contributed by atoms with Gasteiger partial charge in [-0.1, -0.05) is 6.07 Å². The summed E-state index contributed by atoms with van der Waals surface area (Å²) in [6.45, 7) is 0.316. The van der Waals surface area contributed by atoms with Gasteiger partial charge in [-0.25, -0.2) is 9.97 Å². The van der Waals surface area contributed by atoms with Gasteiger partial charge >= 0.3 is 0 Å². The maximum atomic E-state index is 10.6. The number of benzene rings is 2. The zero-order valence-electron chi connectivity index (χ0n) is 14.1. The van der Waals surface area contributed by atoms with Crippen molar-refractivity contribution in [3.05, 3.63) is 59.9 Å². The van der Waals surface area contributed by atoms with Crippen LogP contribution in [0.2, 0.25) is 0 Å². The van der Waals surface area contributed by atoms with E-state index >= 15 is 0 Å². The zero-order valence-corrected chi connectivity index (χ0v) is 14.1. The highest BCUT2D eigenvalue weighted by Gasteiger charge is 2.26. The third kappa shape index (κ3) is 2.80. The quantitative estimate of drug-likeness (QED) is 0.729. The number of aromatic nitrogens is 2. The summed E-state index contributed by atoms with van der Waals surface area (Å²) in [5.41, 5.74) is 1.45. The van der Waals surface area contributed by atoms with Crippen molar-refractivity contribution < 1.29 is 24.1 Å². The smallest absolute Gasteiger partial charge is 0.231 e. The number of hydrogen-bond donors (Lipinski definition) is 2. The Balaban J connectivity index is 1.60. The van der Waals surface area contributed by atoms with Crippen molar-refractivity contribution in [3.8, 4) is 28.7 Å². The Morgan fingerprint density at radius 3 is 2.30 bits per heavy atom. The van der Waals surface area contributed by atoms with Gasteiger partial charge < -0.3 is 29.4 Å². The van der Waals surface area contributed by atoms with E-state index in [0.29, 0.717) is 34.5 Å². The van der Waals surface area contributed by atoms with Crippen LogP contribution in [0.4, 0.5) is 5.95 Å². The average molecular weight is 365 g/mol. The van der Waals surface area contributed by atoms with Crippen LogP contribution in [0.3, 0.4) is 0 Å². The maximum Gasteiger partial charge on any atom is 0.231 e. The molecule has 2 aliphatic rings. The third-order valence-electron chi connectivity index (χ3n) is 4.40. The van der Waals surface area contributed by atoms with E-state index in [1.165, 1.54) is 0 Å². The Morgan fingerprint density at radius 1 is 0.852 bits per heavy atom. The Hall–Kier alpha value is -3.68. The molecule has 0 fully saturated rings. The molecule has 0 bridgehead atoms. The van der Waals surface area contributed by atoms with Crippen molar-refractivity contribution in [3.63, 3.8) is 0 Å². The van der Waals surface area contributed by atoms with Gasteiger partial charge in [0.05, 0.1) is 6.04 Å². The number of fused-ring (bicyclic) bond motifs is 2. The summed E-state index contributed by atoms with van der Waals surface area (Å²) in [6, 6.07) is 10.2. The van der Waals surface area contributed by atoms with Crippen LogP contribution in [0.1, 0.15) is 17.2 Å². The standard InChI is InChI=1S/C19H15N3O5/c23-13-8-17-16(26-10-27-17)7-12(13)18(22-19-20-4-1-5-21-19)11-2-3-14-15(6-11)25-9-24-14/h1-8,18,23H,9-10H2,(H,20,21,22). The first-order valence-electron chi connectivity index (χ1n) is 8.33. The van der Waals surface area contributed by atoms with Crippen LogP contribution in [0.5, 0.6) is 28.7 Å². The monoisotopic (exact) mass is 365 g/mol. The van der Waals surface area contributed by atoms with Gasteiger partial charge in [-0.2, -0.15) is 0 Å². The fourth-order valence-electron chi connectivity index (χ4n) is 3.11. The average Bonchev–Trinajstić information content (AvgIpc) is 3.34. The SMILES string of the molecule is Oc1cc2c(cc1C(Nc1ncccn1)c1ccc3c(c1)OCO3)OCO2. The number of rotatable bonds is 4. The first-order valence-corrected chi connectivity index (χ1v) is 8.33. The highest BCUT2D eigenvalue weighted by Crippen LogP contribution is 2.43. The van der Waals surface area contributed by atoms with Crippen LogP contribution >= 0.6 is 0 Å². The third-order valence-corrected chi connectivity index (χ3v) is 4.40. The van der Waals surface area contributed by atoms with Gasteiger partial charge in [-0.15, -0.1) is 0 Å². The molecule has 8 nitrogen and oxygen atoms in total. The number of hydrogen-bond acceptors (Lipinski definition) is 8. The van der Waals surface area contributed by atoms with E-state index in [4.69, 9.17) is 18.9 Å². The lowest BCUT2D eigenvalue weighted by atomic mass is 9.97. The summed E-state index contributed by atoms with van der Waals surface area (Å²) in [5, 5.41) is 13.9. The van der Waals surface area contributed by atoms with Gasteiger partial charge in [-0.3, -0.25) is 0 Å². The molecule has 0 radical (unpaired) electrons. The first-order chi connectivity index (χ1) is 13.3. The highest BCUT2D eigenvalue weighted by atomic mass is 16.7. The molecular formula is C19H15N3O5. The summed E-state index contributed by atoms with van der Waals surface area (Å²) >= 11 is 0. The minimum atomic E-state index is -0.448. The first kappa shape index (κ1) is 15.6. The molecule has 1 atom stereocenters. The van der Waals surface area contributed by atoms with E-state index in [-0.39, 0.29) is 19.3 Å². The number of nitrogens with zero attached hydrogens (tertiary/aromatic N) is 2. The Morgan fingerprint density at radius 2 is 1.52 bits per heavy atom. The van der Waals surface area contributed by atoms with Crippen molar-refractivity contribution in [1.82, 2.24) is 9.97 Å². The normalized spacial score (nSPS) is 14.8. The molecule has 5 rings (SSSR count). The lowest BCUT2D eigenvalue weighted by Crippen LogP contribution is -2.14. The van der Waals surface area contributed by atoms with E-state index in [1.54, 1.807) is 30.6 Å². The summed E-state index contributed by atoms with van der Waals surface area (Å²) in [4.78, 5) is 8.46. The lowest BCUT2D eigenvalue weighted by molar-refractivity contribution is 0.173. The molecule has 1 aromatic heterocycles. The second-order valence-electron chi connectivity index (χ2n) is 6.03. The van der Waals surface area contributed by atoms with Crippen molar-refractivity contribution >= 4 is 5.95 Å². The summed E-state index contributed by atoms with van der Waals surface area (Å²) < 4.78 is 21.7. The fraction of sp³-hybridized carbons (Fsp3) is 0.158. The van der Waals surface area contributed by atoms with Crippen LogP contribution in [-0.4, -0.2) is 28.7 Å². The highest BCUT2D eigenvalue weighted by molar-refractivity contribution is 5.57. The van der Waals surface area contributed by atoms with E-state index < -0.39 is 6.04 Å². The molecule has 0 amide bonds. The van der Waals surface area contributed by atoms with Gasteiger partial charge in [-0.05, 0) is 29.8 Å². The second-order valence-corrected chi connectivity index (χ2v) is 6.03. The Labute approximate surface area is 154 Å². The second kappa shape index (κ2) is 6.24. The molecule has 2 aliphatic heterocycles. The van der Waals surface area contributed by atoms with Crippen LogP contribution < -0.4 is 24.3 Å². The van der Waals surface area contributed by atoms with E-state index in [1.807, 2.05) is 18.2 Å². The van der Waals surface area contributed by atoms with Gasteiger partial charge in [0, 0.05) is 24.0 Å². The van der Waals surface area contributed by atoms with E-state index in [9.17, 15) is 5.11 Å². The van der Waals surface area contributed by atoms with Crippen molar-refractivity contribution in [2.24, 2.45) is 0 Å². The van der Waals surface area contributed by atoms with Gasteiger partial charge in [0.2, 0.25) is 19.5 Å². The van der Waals surface area contributed by atoms with Crippen LogP contribution in [-0.2, 0) is 0 Å². The van der Waals surface area contributed by atoms with E-state index in [0.717, 1.165) is 5.56 Å². The number of nitrogens with one attached hydrogen (secondary N) is 1. The molecular weight excluding hydrogens is 350 g/mol. The molecule has 0 aliphatic carbocycles. The van der Waals surface area contributed by atoms with Gasteiger partial charge in [0.15, 0.2) is 23.0 Å². The van der Waals surface area contributed by atoms with Gasteiger partial charge in [0.25, 0.3) is 0 Å². The molecule has 1 unspecified atom stereocenters. The topological polar surface area (TPSA) is 95.0 Å². The molecule has 0 saturated heterocycles. The van der Waals surface area contributed by atoms with Crippen molar-refractivity contribution in [2.75, 3.05) is 18.9 Å². The summed E-state index contributed by atoms with van der Waals surface area (Å²) in [6.07, 6.45) is 3.29. The van der Waals surface area contributed by atoms with Crippen LogP contribution in [0.15, 0.2) is 48.8 Å². The molecule has 27 heavy (non-hydrogen) atoms. The summed E-state index contributed by atoms with van der Waals surface area (Å²) in [5.74, 6) is 2.92. The van der Waals surface area contributed by atoms with Crippen LogP contribution in [0, 0.1) is 0 Å². The predicted octanol–water partition coefficient (Wildman–Crippen LogP) is 2.84. The van der Waals surface area contributed by atoms with Crippen molar-refractivity contribution in [1.29, 1.82) is 0 Å². The van der Waals surface area contributed by atoms with Crippen molar-refractivity contribution in [2.45, 2.75) is 6.04 Å². The minimum Gasteiger partial charge on any atom is -0.507 e. The molecule has 3 aromatic rings. The number of anilines is 1. The van der Waals surface area contributed by atoms with Crippen LogP contribution in [0.25, 0.3) is 0 Å². The Bertz CT molecular complexity index is 996. The maximum absolute atomic E-state index is 10.6. The zero-order chi connectivity index (χ0) is 18.2. The lowest BCUT2D eigenvalue weighted by Gasteiger charge is -2.21. The fourth-order valence-corrected chi connectivity index (χ4v) is 3.11. The van der Waals surface area contributed by atoms with Gasteiger partial charge in [0.1, 0.15) is 5.75 Å². The molecule has 136 valence electrons. The van der Waals surface area contributed by atoms with E-state index in [2.05, 4.69) is 15.3 Å². The number of ether oxygens (including phenoxy) is 4. The molecule has 0 spiro atoms. The molecule has 2 N–H and O–H groups in total. The predicted molar refractivity (Wildman–Crippen MR) is 94.3 cm³/mol.